The number of nitrogens with zero attached hydrogens (tertiary/aromatic N) is 4. The second-order valence-electron chi connectivity index (χ2n) is 11.8. The smallest absolute Gasteiger partial charge is 0.335 e. The minimum Gasteiger partial charge on any atom is -0.478 e. The first-order chi connectivity index (χ1) is 20.8. The first-order valence-electron chi connectivity index (χ1n) is 14.7. The summed E-state index contributed by atoms with van der Waals surface area (Å²) in [4.78, 5) is 23.2. The Morgan fingerprint density at radius 3 is 2.72 bits per heavy atom. The molecule has 2 saturated heterocycles. The van der Waals surface area contributed by atoms with Crippen LogP contribution in [0.15, 0.2) is 54.7 Å². The van der Waals surface area contributed by atoms with Gasteiger partial charge in [0.05, 0.1) is 40.8 Å². The molecule has 0 spiro atoms. The highest BCUT2D eigenvalue weighted by atomic mass is 35.5. The molecule has 10 heteroatoms. The molecule has 2 fully saturated rings. The second-order valence-corrected chi connectivity index (χ2v) is 12.2. The first-order valence-corrected chi connectivity index (χ1v) is 15.0. The van der Waals surface area contributed by atoms with Gasteiger partial charge < -0.3 is 19.1 Å². The van der Waals surface area contributed by atoms with Crippen LogP contribution in [0.2, 0.25) is 5.02 Å². The van der Waals surface area contributed by atoms with E-state index in [4.69, 9.17) is 26.1 Å². The van der Waals surface area contributed by atoms with E-state index < -0.39 is 17.4 Å². The third kappa shape index (κ3) is 5.30. The summed E-state index contributed by atoms with van der Waals surface area (Å²) in [6.07, 6.45) is 8.25. The molecule has 0 amide bonds. The highest BCUT2D eigenvalue weighted by molar-refractivity contribution is 6.30. The normalized spacial score (nSPS) is 22.3. The quantitative estimate of drug-likeness (QED) is 0.261. The third-order valence-corrected chi connectivity index (χ3v) is 9.10. The number of likely N-dealkylation sites (tertiary alicyclic amines) is 1. The van der Waals surface area contributed by atoms with Crippen molar-refractivity contribution < 1.29 is 23.8 Å². The number of carboxylic acids is 1. The van der Waals surface area contributed by atoms with E-state index in [9.17, 15) is 14.3 Å². The van der Waals surface area contributed by atoms with Crippen LogP contribution >= 0.6 is 11.6 Å². The molecule has 7 rings (SSSR count). The van der Waals surface area contributed by atoms with E-state index in [1.165, 1.54) is 12.3 Å². The molecule has 1 N–H and O–H groups in total. The Morgan fingerprint density at radius 1 is 1.19 bits per heavy atom. The number of imidazole rings is 1. The number of rotatable bonds is 7. The molecule has 0 saturated carbocycles. The van der Waals surface area contributed by atoms with Crippen molar-refractivity contribution in [1.29, 1.82) is 0 Å². The maximum Gasteiger partial charge on any atom is 0.335 e. The Kier molecular flexibility index (Phi) is 7.19. The van der Waals surface area contributed by atoms with Gasteiger partial charge in [-0.3, -0.25) is 9.88 Å². The van der Waals surface area contributed by atoms with Crippen molar-refractivity contribution in [2.24, 2.45) is 0 Å². The number of carbonyl (C=O) groups is 1. The van der Waals surface area contributed by atoms with Crippen LogP contribution in [0.5, 0.6) is 5.75 Å². The van der Waals surface area contributed by atoms with E-state index in [1.54, 1.807) is 18.2 Å². The fraction of sp³-hybridized carbons (Fsp3) is 0.364. The van der Waals surface area contributed by atoms with E-state index in [0.29, 0.717) is 13.1 Å². The summed E-state index contributed by atoms with van der Waals surface area (Å²) >= 11 is 5.95. The molecule has 3 aliphatic rings. The number of benzene rings is 2. The number of halogens is 2. The first kappa shape index (κ1) is 28.0. The Bertz CT molecular complexity index is 1740. The van der Waals surface area contributed by atoms with E-state index in [2.05, 4.69) is 20.5 Å². The van der Waals surface area contributed by atoms with Gasteiger partial charge in [0.25, 0.3) is 0 Å². The number of carboxylic acid groups (broad SMARTS) is 1. The number of aromatic carboxylic acids is 1. The lowest BCUT2D eigenvalue weighted by molar-refractivity contribution is -0.0592. The van der Waals surface area contributed by atoms with E-state index in [-0.39, 0.29) is 28.3 Å². The Morgan fingerprint density at radius 2 is 2.00 bits per heavy atom. The molecular weight excluding hydrogens is 571 g/mol. The van der Waals surface area contributed by atoms with Crippen LogP contribution in [0, 0.1) is 5.82 Å². The van der Waals surface area contributed by atoms with Crippen LogP contribution in [0.25, 0.3) is 17.1 Å². The fourth-order valence-corrected chi connectivity index (χ4v) is 6.55. The number of piperidine rings is 1. The molecule has 4 aromatic rings. The summed E-state index contributed by atoms with van der Waals surface area (Å²) in [5.74, 6) is 0.535. The molecule has 2 aromatic heterocycles. The molecule has 43 heavy (non-hydrogen) atoms. The van der Waals surface area contributed by atoms with Gasteiger partial charge in [-0.2, -0.15) is 0 Å². The van der Waals surface area contributed by atoms with Crippen molar-refractivity contribution in [2.45, 2.75) is 56.9 Å². The van der Waals surface area contributed by atoms with Crippen molar-refractivity contribution in [3.05, 3.63) is 93.8 Å². The molecule has 0 bridgehead atoms. The van der Waals surface area contributed by atoms with E-state index in [1.807, 2.05) is 31.2 Å². The standard InChI is InChI=1S/C33H32ClFN4O4/c1-33(31-26(35)16-23(34)17-36-31)11-7-21-3-2-4-25(30(21)43-33)20-8-12-38(13-9-20)19-29-37-27-6-5-22(32(40)41)15-28(27)39(29)18-24-10-14-42-24/h2-7,11,15-17,20,24H,8-10,12-14,18-19H2,1H3,(H,40,41)/t24-,33+/m0/s1. The molecule has 3 aliphatic heterocycles. The summed E-state index contributed by atoms with van der Waals surface area (Å²) < 4.78 is 29.3. The van der Waals surface area contributed by atoms with Crippen molar-refractivity contribution in [3.63, 3.8) is 0 Å². The van der Waals surface area contributed by atoms with Gasteiger partial charge in [-0.25, -0.2) is 14.2 Å². The molecule has 2 atom stereocenters. The SMILES string of the molecule is C[C@]1(c2ncc(Cl)cc2F)C=Cc2cccc(C3CCN(Cc4nc5ccc(C(=O)O)cc5n4C[C@@H]4CCO4)CC3)c2O1. The van der Waals surface area contributed by atoms with Crippen LogP contribution in [0.3, 0.4) is 0 Å². The monoisotopic (exact) mass is 602 g/mol. The summed E-state index contributed by atoms with van der Waals surface area (Å²) in [6.45, 7) is 5.66. The van der Waals surface area contributed by atoms with Gasteiger partial charge in [0.15, 0.2) is 11.4 Å². The van der Waals surface area contributed by atoms with Gasteiger partial charge in [0, 0.05) is 18.4 Å². The van der Waals surface area contributed by atoms with Gasteiger partial charge >= 0.3 is 5.97 Å². The molecule has 222 valence electrons. The van der Waals surface area contributed by atoms with Crippen molar-refractivity contribution in [1.82, 2.24) is 19.4 Å². The average molecular weight is 603 g/mol. The van der Waals surface area contributed by atoms with Crippen LogP contribution < -0.4 is 4.74 Å². The zero-order valence-electron chi connectivity index (χ0n) is 23.8. The minimum absolute atomic E-state index is 0.121. The van der Waals surface area contributed by atoms with Crippen molar-refractivity contribution in [3.8, 4) is 5.75 Å². The van der Waals surface area contributed by atoms with Crippen LogP contribution in [-0.2, 0) is 23.4 Å². The average Bonchev–Trinajstić information content (AvgIpc) is 3.30. The molecule has 0 aliphatic carbocycles. The summed E-state index contributed by atoms with van der Waals surface area (Å²) in [5, 5.41) is 9.79. The zero-order valence-corrected chi connectivity index (χ0v) is 24.6. The van der Waals surface area contributed by atoms with Gasteiger partial charge in [-0.15, -0.1) is 0 Å². The number of hydrogen-bond acceptors (Lipinski definition) is 6. The lowest BCUT2D eigenvalue weighted by atomic mass is 9.86. The van der Waals surface area contributed by atoms with Crippen molar-refractivity contribution in [2.75, 3.05) is 19.7 Å². The number of pyridine rings is 1. The lowest BCUT2D eigenvalue weighted by Gasteiger charge is -2.36. The summed E-state index contributed by atoms with van der Waals surface area (Å²) in [6, 6.07) is 12.6. The Labute approximate surface area is 253 Å². The second kappa shape index (κ2) is 11.0. The number of aromatic nitrogens is 3. The fourth-order valence-electron chi connectivity index (χ4n) is 6.41. The minimum atomic E-state index is -1.05. The Balaban J connectivity index is 1.09. The highest BCUT2D eigenvalue weighted by Crippen LogP contribution is 2.44. The number of para-hydroxylation sites is 1. The Hall–Kier alpha value is -3.79. The van der Waals surface area contributed by atoms with Gasteiger partial charge in [0.2, 0.25) is 0 Å². The van der Waals surface area contributed by atoms with Crippen LogP contribution in [0.4, 0.5) is 4.39 Å². The summed E-state index contributed by atoms with van der Waals surface area (Å²) in [5.41, 5.74) is 3.12. The lowest BCUT2D eigenvalue weighted by Crippen LogP contribution is -2.36. The zero-order chi connectivity index (χ0) is 29.7. The summed E-state index contributed by atoms with van der Waals surface area (Å²) in [7, 11) is 0. The third-order valence-electron chi connectivity index (χ3n) is 8.90. The predicted octanol–water partition coefficient (Wildman–Crippen LogP) is 6.41. The number of ether oxygens (including phenoxy) is 2. The van der Waals surface area contributed by atoms with Gasteiger partial charge in [-0.05, 0) is 81.1 Å². The van der Waals surface area contributed by atoms with Crippen LogP contribution in [-0.4, -0.2) is 56.3 Å². The van der Waals surface area contributed by atoms with E-state index in [0.717, 1.165) is 72.7 Å². The molecule has 0 radical (unpaired) electrons. The maximum absolute atomic E-state index is 14.9. The van der Waals surface area contributed by atoms with Gasteiger partial charge in [0.1, 0.15) is 17.3 Å². The van der Waals surface area contributed by atoms with Crippen LogP contribution in [0.1, 0.15) is 65.1 Å². The molecular formula is C33H32ClFN4O4. The molecule has 2 aromatic carbocycles. The largest absolute Gasteiger partial charge is 0.478 e. The highest BCUT2D eigenvalue weighted by Gasteiger charge is 2.36. The van der Waals surface area contributed by atoms with Gasteiger partial charge in [-0.1, -0.05) is 35.9 Å². The van der Waals surface area contributed by atoms with Crippen molar-refractivity contribution >= 4 is 34.7 Å². The maximum atomic E-state index is 14.9. The van der Waals surface area contributed by atoms with E-state index >= 15 is 0 Å². The predicted molar refractivity (Wildman–Crippen MR) is 161 cm³/mol. The molecule has 5 heterocycles. The number of fused-ring (bicyclic) bond motifs is 2. The molecule has 0 unspecified atom stereocenters. The molecule has 8 nitrogen and oxygen atoms in total. The number of hydrogen-bond donors (Lipinski definition) is 1. The topological polar surface area (TPSA) is 89.7 Å².